The highest BCUT2D eigenvalue weighted by atomic mass is 35.5. The van der Waals surface area contributed by atoms with E-state index >= 15 is 0 Å². The number of hydrogen-bond donors (Lipinski definition) is 0. The van der Waals surface area contributed by atoms with E-state index in [1.54, 1.807) is 10.9 Å². The molecular formula is C17H20Cl2N4O. The lowest BCUT2D eigenvalue weighted by Crippen LogP contribution is -2.49. The molecule has 2 heterocycles. The molecule has 1 aliphatic rings. The average molecular weight is 367 g/mol. The lowest BCUT2D eigenvalue weighted by Gasteiger charge is -2.34. The SMILES string of the molecule is Cc1c(Cl)cnn1CC(=O)N1CCN(Cc2cccc(Cl)c2)CC1. The molecule has 7 heteroatoms. The van der Waals surface area contributed by atoms with Crippen LogP contribution in [-0.4, -0.2) is 51.7 Å². The van der Waals surface area contributed by atoms with Crippen LogP contribution in [0.3, 0.4) is 0 Å². The molecule has 3 rings (SSSR count). The Balaban J connectivity index is 1.51. The zero-order valence-electron chi connectivity index (χ0n) is 13.6. The minimum atomic E-state index is 0.0836. The minimum absolute atomic E-state index is 0.0836. The Bertz CT molecular complexity index is 723. The van der Waals surface area contributed by atoms with E-state index in [1.165, 1.54) is 5.56 Å². The van der Waals surface area contributed by atoms with Crippen molar-refractivity contribution >= 4 is 29.1 Å². The lowest BCUT2D eigenvalue weighted by molar-refractivity contribution is -0.133. The molecule has 2 aromatic rings. The fourth-order valence-corrected chi connectivity index (χ4v) is 3.21. The van der Waals surface area contributed by atoms with Crippen LogP contribution in [0.4, 0.5) is 0 Å². The second kappa shape index (κ2) is 7.55. The Morgan fingerprint density at radius 1 is 1.21 bits per heavy atom. The van der Waals surface area contributed by atoms with E-state index in [0.29, 0.717) is 5.02 Å². The zero-order valence-corrected chi connectivity index (χ0v) is 15.1. The van der Waals surface area contributed by atoms with Crippen molar-refractivity contribution < 1.29 is 4.79 Å². The van der Waals surface area contributed by atoms with Gasteiger partial charge >= 0.3 is 0 Å². The van der Waals surface area contributed by atoms with E-state index in [1.807, 2.05) is 30.0 Å². The number of benzene rings is 1. The van der Waals surface area contributed by atoms with Gasteiger partial charge in [-0.25, -0.2) is 0 Å². The molecular weight excluding hydrogens is 347 g/mol. The quantitative estimate of drug-likeness (QED) is 0.835. The van der Waals surface area contributed by atoms with Gasteiger partial charge in [0.25, 0.3) is 0 Å². The number of amides is 1. The molecule has 1 aliphatic heterocycles. The average Bonchev–Trinajstić information content (AvgIpc) is 2.87. The number of halogens is 2. The standard InChI is InChI=1S/C17H20Cl2N4O/c1-13-16(19)10-20-23(13)12-17(24)22-7-5-21(6-8-22)11-14-3-2-4-15(18)9-14/h2-4,9-10H,5-8,11-12H2,1H3. The predicted octanol–water partition coefficient (Wildman–Crippen LogP) is 2.84. The highest BCUT2D eigenvalue weighted by Gasteiger charge is 2.22. The van der Waals surface area contributed by atoms with Gasteiger partial charge in [0, 0.05) is 37.7 Å². The second-order valence-electron chi connectivity index (χ2n) is 6.02. The minimum Gasteiger partial charge on any atom is -0.339 e. The van der Waals surface area contributed by atoms with Gasteiger partial charge in [-0.15, -0.1) is 0 Å². The number of rotatable bonds is 4. The first-order valence-electron chi connectivity index (χ1n) is 7.95. The van der Waals surface area contributed by atoms with Crippen LogP contribution in [0.1, 0.15) is 11.3 Å². The maximum Gasteiger partial charge on any atom is 0.244 e. The van der Waals surface area contributed by atoms with Gasteiger partial charge in [0.2, 0.25) is 5.91 Å². The summed E-state index contributed by atoms with van der Waals surface area (Å²) in [5, 5.41) is 5.49. The van der Waals surface area contributed by atoms with Crippen LogP contribution in [0, 0.1) is 6.92 Å². The van der Waals surface area contributed by atoms with Gasteiger partial charge in [-0.05, 0) is 24.6 Å². The zero-order chi connectivity index (χ0) is 17.1. The first-order valence-corrected chi connectivity index (χ1v) is 8.71. The van der Waals surface area contributed by atoms with Crippen molar-refractivity contribution in [2.24, 2.45) is 0 Å². The van der Waals surface area contributed by atoms with Crippen LogP contribution in [0.5, 0.6) is 0 Å². The molecule has 0 bridgehead atoms. The Labute approximate surface area is 151 Å². The molecule has 5 nitrogen and oxygen atoms in total. The van der Waals surface area contributed by atoms with E-state index in [2.05, 4.69) is 16.1 Å². The molecule has 0 spiro atoms. The largest absolute Gasteiger partial charge is 0.339 e. The first kappa shape index (κ1) is 17.3. The molecule has 128 valence electrons. The predicted molar refractivity (Wildman–Crippen MR) is 95.3 cm³/mol. The van der Waals surface area contributed by atoms with Gasteiger partial charge in [0.1, 0.15) is 6.54 Å². The number of carbonyl (C=O) groups is 1. The summed E-state index contributed by atoms with van der Waals surface area (Å²) in [6.45, 7) is 6.14. The summed E-state index contributed by atoms with van der Waals surface area (Å²) in [5.74, 6) is 0.0836. The van der Waals surface area contributed by atoms with Gasteiger partial charge in [-0.1, -0.05) is 35.3 Å². The molecule has 0 aliphatic carbocycles. The summed E-state index contributed by atoms with van der Waals surface area (Å²) in [5.41, 5.74) is 2.02. The molecule has 0 radical (unpaired) electrons. The highest BCUT2D eigenvalue weighted by Crippen LogP contribution is 2.15. The maximum absolute atomic E-state index is 12.4. The van der Waals surface area contributed by atoms with Crippen LogP contribution in [0.2, 0.25) is 10.0 Å². The molecule has 1 aromatic heterocycles. The van der Waals surface area contributed by atoms with E-state index in [9.17, 15) is 4.79 Å². The normalized spacial score (nSPS) is 15.7. The molecule has 1 aromatic carbocycles. The molecule has 0 unspecified atom stereocenters. The summed E-state index contributed by atoms with van der Waals surface area (Å²) in [7, 11) is 0. The molecule has 1 amide bonds. The molecule has 0 N–H and O–H groups in total. The summed E-state index contributed by atoms with van der Waals surface area (Å²) >= 11 is 12.0. The van der Waals surface area contributed by atoms with Crippen LogP contribution in [0.15, 0.2) is 30.5 Å². The van der Waals surface area contributed by atoms with Crippen LogP contribution >= 0.6 is 23.2 Å². The first-order chi connectivity index (χ1) is 11.5. The summed E-state index contributed by atoms with van der Waals surface area (Å²) < 4.78 is 1.66. The van der Waals surface area contributed by atoms with E-state index < -0.39 is 0 Å². The maximum atomic E-state index is 12.4. The number of nitrogens with zero attached hydrogens (tertiary/aromatic N) is 4. The fourth-order valence-electron chi connectivity index (χ4n) is 2.86. The Kier molecular flexibility index (Phi) is 5.43. The number of carbonyl (C=O) groups excluding carboxylic acids is 1. The van der Waals surface area contributed by atoms with E-state index in [4.69, 9.17) is 23.2 Å². The van der Waals surface area contributed by atoms with Crippen molar-refractivity contribution in [2.45, 2.75) is 20.0 Å². The Hall–Kier alpha value is -1.56. The van der Waals surface area contributed by atoms with Gasteiger partial charge in [0.05, 0.1) is 16.9 Å². The molecule has 1 saturated heterocycles. The van der Waals surface area contributed by atoms with Crippen LogP contribution < -0.4 is 0 Å². The third kappa shape index (κ3) is 4.09. The summed E-state index contributed by atoms with van der Waals surface area (Å²) in [4.78, 5) is 16.7. The van der Waals surface area contributed by atoms with Crippen molar-refractivity contribution in [2.75, 3.05) is 26.2 Å². The highest BCUT2D eigenvalue weighted by molar-refractivity contribution is 6.31. The molecule has 0 atom stereocenters. The van der Waals surface area contributed by atoms with Crippen molar-refractivity contribution in [1.82, 2.24) is 19.6 Å². The molecule has 0 saturated carbocycles. The van der Waals surface area contributed by atoms with E-state index in [-0.39, 0.29) is 12.5 Å². The molecule has 24 heavy (non-hydrogen) atoms. The van der Waals surface area contributed by atoms with Crippen molar-refractivity contribution in [3.63, 3.8) is 0 Å². The summed E-state index contributed by atoms with van der Waals surface area (Å²) in [6, 6.07) is 7.91. The Morgan fingerprint density at radius 3 is 2.58 bits per heavy atom. The van der Waals surface area contributed by atoms with E-state index in [0.717, 1.165) is 43.4 Å². The summed E-state index contributed by atoms with van der Waals surface area (Å²) in [6.07, 6.45) is 1.58. The van der Waals surface area contributed by atoms with Gasteiger partial charge < -0.3 is 4.90 Å². The Morgan fingerprint density at radius 2 is 1.96 bits per heavy atom. The molecule has 1 fully saturated rings. The third-order valence-electron chi connectivity index (χ3n) is 4.35. The van der Waals surface area contributed by atoms with Gasteiger partial charge in [-0.3, -0.25) is 14.4 Å². The smallest absolute Gasteiger partial charge is 0.244 e. The number of hydrogen-bond acceptors (Lipinski definition) is 3. The topological polar surface area (TPSA) is 41.4 Å². The van der Waals surface area contributed by atoms with Crippen molar-refractivity contribution in [1.29, 1.82) is 0 Å². The second-order valence-corrected chi connectivity index (χ2v) is 6.87. The fraction of sp³-hybridized carbons (Fsp3) is 0.412. The van der Waals surface area contributed by atoms with Crippen LogP contribution in [-0.2, 0) is 17.9 Å². The number of aromatic nitrogens is 2. The van der Waals surface area contributed by atoms with Gasteiger partial charge in [0.15, 0.2) is 0 Å². The number of piperazine rings is 1. The van der Waals surface area contributed by atoms with Crippen molar-refractivity contribution in [3.05, 3.63) is 51.8 Å². The van der Waals surface area contributed by atoms with Crippen LogP contribution in [0.25, 0.3) is 0 Å². The van der Waals surface area contributed by atoms with Gasteiger partial charge in [-0.2, -0.15) is 5.10 Å². The van der Waals surface area contributed by atoms with Crippen molar-refractivity contribution in [3.8, 4) is 0 Å². The lowest BCUT2D eigenvalue weighted by atomic mass is 10.2. The monoisotopic (exact) mass is 366 g/mol. The third-order valence-corrected chi connectivity index (χ3v) is 4.95.